The molecule has 0 spiro atoms. The number of methoxy groups -OCH3 is 2. The molecule has 1 aliphatic rings. The average molecular weight is 399 g/mol. The monoisotopic (exact) mass is 398 g/mol. The first-order valence-corrected chi connectivity index (χ1v) is 9.72. The van der Waals surface area contributed by atoms with Gasteiger partial charge in [0.05, 0.1) is 27.0 Å². The Kier molecular flexibility index (Phi) is 5.55. The lowest BCUT2D eigenvalue weighted by Crippen LogP contribution is -2.23. The van der Waals surface area contributed by atoms with E-state index in [1.807, 2.05) is 36.4 Å². The van der Waals surface area contributed by atoms with Crippen molar-refractivity contribution in [3.8, 4) is 22.8 Å². The highest BCUT2D eigenvalue weighted by atomic mass is 35.5. The first-order chi connectivity index (χ1) is 13.7. The second-order valence-corrected chi connectivity index (χ2v) is 7.30. The van der Waals surface area contributed by atoms with Crippen molar-refractivity contribution in [1.82, 2.24) is 9.88 Å². The van der Waals surface area contributed by atoms with Crippen LogP contribution in [0.3, 0.4) is 0 Å². The van der Waals surface area contributed by atoms with Gasteiger partial charge in [0.1, 0.15) is 11.5 Å². The van der Waals surface area contributed by atoms with E-state index in [2.05, 4.69) is 16.0 Å². The largest absolute Gasteiger partial charge is 0.497 e. The number of oxazole rings is 1. The van der Waals surface area contributed by atoms with Crippen LogP contribution in [0.1, 0.15) is 30.3 Å². The molecule has 4 rings (SSSR count). The summed E-state index contributed by atoms with van der Waals surface area (Å²) in [6.07, 6.45) is 3.96. The van der Waals surface area contributed by atoms with Crippen LogP contribution < -0.4 is 9.47 Å². The molecule has 0 aliphatic carbocycles. The molecule has 2 aromatic carbocycles. The van der Waals surface area contributed by atoms with E-state index in [9.17, 15) is 0 Å². The van der Waals surface area contributed by atoms with Gasteiger partial charge in [-0.3, -0.25) is 4.90 Å². The number of aromatic nitrogens is 1. The number of hydrogen-bond donors (Lipinski definition) is 0. The Morgan fingerprint density at radius 1 is 1.18 bits per heavy atom. The Hall–Kier alpha value is -2.50. The third kappa shape index (κ3) is 3.86. The van der Waals surface area contributed by atoms with E-state index in [-0.39, 0.29) is 6.04 Å². The highest BCUT2D eigenvalue weighted by Crippen LogP contribution is 2.39. The first-order valence-electron chi connectivity index (χ1n) is 9.34. The standard InChI is InChI=1S/C22H23ClN2O3/c1-26-17-8-9-18(20(12-17)27-2)19-7-4-10-25(19)14-22-24-13-21(28-22)15-5-3-6-16(23)11-15/h3,5-6,8-9,11-13,19H,4,7,10,14H2,1-2H3. The van der Waals surface area contributed by atoms with Gasteiger partial charge in [0.2, 0.25) is 5.89 Å². The molecule has 146 valence electrons. The van der Waals surface area contributed by atoms with Crippen molar-refractivity contribution in [1.29, 1.82) is 0 Å². The summed E-state index contributed by atoms with van der Waals surface area (Å²) in [5.74, 6) is 3.08. The summed E-state index contributed by atoms with van der Waals surface area (Å²) >= 11 is 6.09. The fourth-order valence-electron chi connectivity index (χ4n) is 3.79. The Bertz CT molecular complexity index is 956. The molecule has 28 heavy (non-hydrogen) atoms. The minimum absolute atomic E-state index is 0.266. The highest BCUT2D eigenvalue weighted by molar-refractivity contribution is 6.30. The lowest BCUT2D eigenvalue weighted by Gasteiger charge is -2.25. The maximum absolute atomic E-state index is 6.09. The lowest BCUT2D eigenvalue weighted by molar-refractivity contribution is 0.220. The maximum atomic E-state index is 6.09. The van der Waals surface area contributed by atoms with Crippen molar-refractivity contribution in [3.05, 3.63) is 65.1 Å². The summed E-state index contributed by atoms with van der Waals surface area (Å²) in [5, 5.41) is 0.682. The van der Waals surface area contributed by atoms with Gasteiger partial charge in [0.15, 0.2) is 5.76 Å². The molecule has 0 radical (unpaired) electrons. The third-order valence-electron chi connectivity index (χ3n) is 5.16. The van der Waals surface area contributed by atoms with E-state index in [1.165, 1.54) is 5.56 Å². The number of nitrogens with zero attached hydrogens (tertiary/aromatic N) is 2. The second-order valence-electron chi connectivity index (χ2n) is 6.86. The predicted octanol–water partition coefficient (Wildman–Crippen LogP) is 5.35. The molecule has 0 saturated carbocycles. The predicted molar refractivity (Wildman–Crippen MR) is 109 cm³/mol. The fraction of sp³-hybridized carbons (Fsp3) is 0.318. The number of halogens is 1. The normalized spacial score (nSPS) is 17.0. The maximum Gasteiger partial charge on any atom is 0.209 e. The molecule has 1 aromatic heterocycles. The summed E-state index contributed by atoms with van der Waals surface area (Å²) < 4.78 is 16.9. The molecule has 0 bridgehead atoms. The number of rotatable bonds is 6. The summed E-state index contributed by atoms with van der Waals surface area (Å²) in [4.78, 5) is 6.87. The molecule has 1 aliphatic heterocycles. The molecule has 2 heterocycles. The van der Waals surface area contributed by atoms with Crippen LogP contribution in [0.15, 0.2) is 53.1 Å². The Morgan fingerprint density at radius 3 is 2.86 bits per heavy atom. The van der Waals surface area contributed by atoms with E-state index in [4.69, 9.17) is 25.5 Å². The van der Waals surface area contributed by atoms with Gasteiger partial charge in [-0.2, -0.15) is 0 Å². The van der Waals surface area contributed by atoms with Crippen molar-refractivity contribution in [2.45, 2.75) is 25.4 Å². The molecular weight excluding hydrogens is 376 g/mol. The van der Waals surface area contributed by atoms with Crippen LogP contribution in [0.4, 0.5) is 0 Å². The first kappa shape index (κ1) is 18.8. The van der Waals surface area contributed by atoms with Crippen LogP contribution in [-0.4, -0.2) is 30.6 Å². The van der Waals surface area contributed by atoms with Crippen LogP contribution in [-0.2, 0) is 6.54 Å². The van der Waals surface area contributed by atoms with E-state index >= 15 is 0 Å². The molecular formula is C22H23ClN2O3. The number of likely N-dealkylation sites (tertiary alicyclic amines) is 1. The third-order valence-corrected chi connectivity index (χ3v) is 5.40. The van der Waals surface area contributed by atoms with Crippen molar-refractivity contribution in [3.63, 3.8) is 0 Å². The van der Waals surface area contributed by atoms with Crippen molar-refractivity contribution < 1.29 is 13.9 Å². The quantitative estimate of drug-likeness (QED) is 0.560. The zero-order chi connectivity index (χ0) is 19.5. The molecule has 0 N–H and O–H groups in total. The topological polar surface area (TPSA) is 47.7 Å². The van der Waals surface area contributed by atoms with Gasteiger partial charge < -0.3 is 13.9 Å². The Morgan fingerprint density at radius 2 is 2.07 bits per heavy atom. The van der Waals surface area contributed by atoms with Gasteiger partial charge in [-0.05, 0) is 37.6 Å². The van der Waals surface area contributed by atoms with Crippen LogP contribution in [0, 0.1) is 0 Å². The molecule has 1 fully saturated rings. The van der Waals surface area contributed by atoms with Gasteiger partial charge in [0.25, 0.3) is 0 Å². The molecule has 1 atom stereocenters. The highest BCUT2D eigenvalue weighted by Gasteiger charge is 2.29. The Labute approximate surface area is 169 Å². The molecule has 0 amide bonds. The minimum Gasteiger partial charge on any atom is -0.497 e. The number of benzene rings is 2. The van der Waals surface area contributed by atoms with E-state index in [0.29, 0.717) is 17.5 Å². The van der Waals surface area contributed by atoms with Gasteiger partial charge in [0, 0.05) is 28.3 Å². The van der Waals surface area contributed by atoms with Crippen LogP contribution in [0.5, 0.6) is 11.5 Å². The van der Waals surface area contributed by atoms with E-state index in [0.717, 1.165) is 42.2 Å². The van der Waals surface area contributed by atoms with E-state index < -0.39 is 0 Å². The van der Waals surface area contributed by atoms with Gasteiger partial charge in [-0.15, -0.1) is 0 Å². The summed E-state index contributed by atoms with van der Waals surface area (Å²) in [6, 6.07) is 13.9. The molecule has 1 unspecified atom stereocenters. The van der Waals surface area contributed by atoms with Crippen LogP contribution in [0.25, 0.3) is 11.3 Å². The van der Waals surface area contributed by atoms with Crippen molar-refractivity contribution in [2.75, 3.05) is 20.8 Å². The molecule has 5 nitrogen and oxygen atoms in total. The van der Waals surface area contributed by atoms with Crippen LogP contribution in [0.2, 0.25) is 5.02 Å². The zero-order valence-electron chi connectivity index (χ0n) is 16.0. The molecule has 3 aromatic rings. The smallest absolute Gasteiger partial charge is 0.209 e. The number of hydrogen-bond acceptors (Lipinski definition) is 5. The molecule has 6 heteroatoms. The summed E-state index contributed by atoms with van der Waals surface area (Å²) in [5.41, 5.74) is 2.10. The van der Waals surface area contributed by atoms with Crippen LogP contribution >= 0.6 is 11.6 Å². The van der Waals surface area contributed by atoms with Gasteiger partial charge in [-0.25, -0.2) is 4.98 Å². The zero-order valence-corrected chi connectivity index (χ0v) is 16.8. The summed E-state index contributed by atoms with van der Waals surface area (Å²) in [6.45, 7) is 1.65. The van der Waals surface area contributed by atoms with E-state index in [1.54, 1.807) is 20.4 Å². The minimum atomic E-state index is 0.266. The van der Waals surface area contributed by atoms with Gasteiger partial charge >= 0.3 is 0 Å². The SMILES string of the molecule is COc1ccc(C2CCCN2Cc2ncc(-c3cccc(Cl)c3)o2)c(OC)c1. The second kappa shape index (κ2) is 8.25. The number of ether oxygens (including phenoxy) is 2. The van der Waals surface area contributed by atoms with Crippen molar-refractivity contribution >= 4 is 11.6 Å². The fourth-order valence-corrected chi connectivity index (χ4v) is 3.98. The summed E-state index contributed by atoms with van der Waals surface area (Å²) in [7, 11) is 3.36. The molecule has 1 saturated heterocycles. The average Bonchev–Trinajstić information content (AvgIpc) is 3.37. The Balaban J connectivity index is 1.54. The lowest BCUT2D eigenvalue weighted by atomic mass is 10.0. The van der Waals surface area contributed by atoms with Crippen molar-refractivity contribution in [2.24, 2.45) is 0 Å². The van der Waals surface area contributed by atoms with Gasteiger partial charge in [-0.1, -0.05) is 29.8 Å².